The normalized spacial score (nSPS) is 18.7. The van der Waals surface area contributed by atoms with Crippen molar-refractivity contribution in [2.75, 3.05) is 18.4 Å². The number of hydrogen-bond acceptors (Lipinski definition) is 5. The van der Waals surface area contributed by atoms with Gasteiger partial charge in [-0.15, -0.1) is 0 Å². The molecule has 31 heavy (non-hydrogen) atoms. The number of hydrogen-bond donors (Lipinski definition) is 2. The number of furan rings is 1. The highest BCUT2D eigenvalue weighted by Crippen LogP contribution is 2.38. The Morgan fingerprint density at radius 3 is 2.68 bits per heavy atom. The number of nitrogens with zero attached hydrogens (tertiary/aromatic N) is 3. The molecule has 3 aromatic rings. The molecule has 2 amide bonds. The van der Waals surface area contributed by atoms with E-state index in [0.29, 0.717) is 28.6 Å². The summed E-state index contributed by atoms with van der Waals surface area (Å²) in [5, 5.41) is 10.2. The number of aromatic nitrogens is 3. The van der Waals surface area contributed by atoms with Crippen molar-refractivity contribution in [3.8, 4) is 0 Å². The van der Waals surface area contributed by atoms with Gasteiger partial charge in [0.2, 0.25) is 0 Å². The maximum absolute atomic E-state index is 13.1. The summed E-state index contributed by atoms with van der Waals surface area (Å²) in [5.74, 6) is 1.05. The Hall–Kier alpha value is -3.20. The van der Waals surface area contributed by atoms with Crippen LogP contribution in [0.25, 0.3) is 0 Å². The van der Waals surface area contributed by atoms with Gasteiger partial charge in [-0.2, -0.15) is 5.10 Å². The topological polar surface area (TPSA) is 96.2 Å². The van der Waals surface area contributed by atoms with Crippen molar-refractivity contribution in [1.82, 2.24) is 19.7 Å². The average molecular weight is 438 g/mol. The second-order valence-corrected chi connectivity index (χ2v) is 8.47. The van der Waals surface area contributed by atoms with Crippen LogP contribution in [0.4, 0.5) is 5.69 Å². The molecule has 1 saturated heterocycles. The number of piperidine rings is 1. The lowest BCUT2D eigenvalue weighted by atomic mass is 9.96. The summed E-state index contributed by atoms with van der Waals surface area (Å²) in [6, 6.07) is 10.7. The van der Waals surface area contributed by atoms with Gasteiger partial charge in [-0.3, -0.25) is 14.7 Å². The first-order valence-corrected chi connectivity index (χ1v) is 10.9. The monoisotopic (exact) mass is 437 g/mol. The number of carbonyl (C=O) groups is 2. The van der Waals surface area contributed by atoms with Crippen molar-refractivity contribution in [3.63, 3.8) is 0 Å². The van der Waals surface area contributed by atoms with Crippen molar-refractivity contribution in [2.45, 2.75) is 37.6 Å². The maximum Gasteiger partial charge on any atom is 0.291 e. The quantitative estimate of drug-likeness (QED) is 0.585. The number of H-pyrrole nitrogens is 1. The molecular weight excluding hydrogens is 414 g/mol. The van der Waals surface area contributed by atoms with E-state index in [0.717, 1.165) is 38.1 Å². The summed E-state index contributed by atoms with van der Waals surface area (Å²) in [4.78, 5) is 27.1. The number of aromatic amines is 1. The zero-order valence-corrected chi connectivity index (χ0v) is 17.7. The molecule has 1 aromatic carbocycles. The number of carbonyl (C=O) groups excluding carboxylic acids is 2. The summed E-state index contributed by atoms with van der Waals surface area (Å²) in [5.41, 5.74) is 1.20. The Balaban J connectivity index is 1.26. The molecule has 1 saturated carbocycles. The summed E-state index contributed by atoms with van der Waals surface area (Å²) >= 11 is 5.41. The van der Waals surface area contributed by atoms with Crippen molar-refractivity contribution in [1.29, 1.82) is 0 Å². The molecule has 0 radical (unpaired) electrons. The SMILES string of the molecule is O=C(Nc1ccc(C(=O)N2CCCC(c3n[nH]c(=S)n3C3CC3)C2)cc1)c1ccco1. The lowest BCUT2D eigenvalue weighted by Gasteiger charge is -2.32. The molecule has 1 aliphatic carbocycles. The third-order valence-corrected chi connectivity index (χ3v) is 6.14. The molecule has 9 heteroatoms. The van der Waals surface area contributed by atoms with Gasteiger partial charge in [-0.05, 0) is 74.3 Å². The number of nitrogens with one attached hydrogen (secondary N) is 2. The molecule has 2 N–H and O–H groups in total. The smallest absolute Gasteiger partial charge is 0.291 e. The van der Waals surface area contributed by atoms with Gasteiger partial charge in [0.05, 0.1) is 6.26 Å². The number of benzene rings is 1. The van der Waals surface area contributed by atoms with Gasteiger partial charge in [0.15, 0.2) is 10.5 Å². The van der Waals surface area contributed by atoms with Crippen LogP contribution in [0.5, 0.6) is 0 Å². The van der Waals surface area contributed by atoms with Gasteiger partial charge in [-0.25, -0.2) is 0 Å². The third-order valence-electron chi connectivity index (χ3n) is 5.85. The van der Waals surface area contributed by atoms with E-state index >= 15 is 0 Å². The van der Waals surface area contributed by atoms with Crippen molar-refractivity contribution in [3.05, 3.63) is 64.6 Å². The molecule has 2 fully saturated rings. The molecule has 2 aromatic heterocycles. The Bertz CT molecular complexity index is 1140. The maximum atomic E-state index is 13.1. The predicted molar refractivity (Wildman–Crippen MR) is 117 cm³/mol. The first kappa shape index (κ1) is 19.7. The van der Waals surface area contributed by atoms with Gasteiger partial charge >= 0.3 is 0 Å². The van der Waals surface area contributed by atoms with E-state index in [2.05, 4.69) is 20.1 Å². The van der Waals surface area contributed by atoms with E-state index in [4.69, 9.17) is 16.6 Å². The zero-order valence-electron chi connectivity index (χ0n) is 16.9. The second-order valence-electron chi connectivity index (χ2n) is 8.09. The van der Waals surface area contributed by atoms with Crippen LogP contribution in [0, 0.1) is 4.77 Å². The summed E-state index contributed by atoms with van der Waals surface area (Å²) < 4.78 is 7.91. The van der Waals surface area contributed by atoms with E-state index < -0.39 is 0 Å². The molecule has 8 nitrogen and oxygen atoms in total. The fourth-order valence-electron chi connectivity index (χ4n) is 4.14. The Morgan fingerprint density at radius 2 is 1.97 bits per heavy atom. The number of amides is 2. The van der Waals surface area contributed by atoms with Crippen LogP contribution < -0.4 is 5.32 Å². The highest BCUT2D eigenvalue weighted by molar-refractivity contribution is 7.71. The lowest BCUT2D eigenvalue weighted by Crippen LogP contribution is -2.39. The third kappa shape index (κ3) is 4.05. The van der Waals surface area contributed by atoms with Crippen LogP contribution in [0.2, 0.25) is 0 Å². The van der Waals surface area contributed by atoms with E-state index in [-0.39, 0.29) is 23.5 Å². The Morgan fingerprint density at radius 1 is 1.16 bits per heavy atom. The molecule has 1 aliphatic heterocycles. The van der Waals surface area contributed by atoms with Crippen LogP contribution in [-0.2, 0) is 0 Å². The second kappa shape index (κ2) is 8.14. The van der Waals surface area contributed by atoms with Crippen molar-refractivity contribution < 1.29 is 14.0 Å². The van der Waals surface area contributed by atoms with Crippen molar-refractivity contribution >= 4 is 29.7 Å². The van der Waals surface area contributed by atoms with Gasteiger partial charge in [0, 0.05) is 36.3 Å². The molecule has 1 unspecified atom stereocenters. The minimum absolute atomic E-state index is 0.0132. The molecule has 5 rings (SSSR count). The summed E-state index contributed by atoms with van der Waals surface area (Å²) in [7, 11) is 0. The Kier molecular flexibility index (Phi) is 5.19. The first-order chi connectivity index (χ1) is 15.1. The average Bonchev–Trinajstić information content (AvgIpc) is 3.31. The van der Waals surface area contributed by atoms with Crippen LogP contribution in [0.1, 0.15) is 64.4 Å². The predicted octanol–water partition coefficient (Wildman–Crippen LogP) is 4.14. The van der Waals surface area contributed by atoms with Crippen LogP contribution in [-0.4, -0.2) is 44.6 Å². The molecular formula is C22H23N5O3S. The molecule has 3 heterocycles. The minimum Gasteiger partial charge on any atom is -0.459 e. The fraction of sp³-hybridized carbons (Fsp3) is 0.364. The summed E-state index contributed by atoms with van der Waals surface area (Å²) in [6.45, 7) is 1.35. The highest BCUT2D eigenvalue weighted by Gasteiger charge is 2.33. The zero-order chi connectivity index (χ0) is 21.4. The van der Waals surface area contributed by atoms with Gasteiger partial charge in [-0.1, -0.05) is 0 Å². The standard InChI is InChI=1S/C22H23N5O3S/c28-20(18-4-2-12-30-18)23-16-7-5-14(6-8-16)21(29)26-11-1-3-15(13-26)19-24-25-22(31)27(19)17-9-10-17/h2,4-8,12,15,17H,1,3,9-11,13H2,(H,23,28)(H,25,31). The van der Waals surface area contributed by atoms with Gasteiger partial charge < -0.3 is 19.2 Å². The first-order valence-electron chi connectivity index (χ1n) is 10.5. The molecule has 0 spiro atoms. The lowest BCUT2D eigenvalue weighted by molar-refractivity contribution is 0.0703. The van der Waals surface area contributed by atoms with E-state index in [1.807, 2.05) is 4.90 Å². The van der Waals surface area contributed by atoms with E-state index in [1.165, 1.54) is 6.26 Å². The molecule has 2 aliphatic rings. The number of likely N-dealkylation sites (tertiary alicyclic amines) is 1. The minimum atomic E-state index is -0.327. The van der Waals surface area contributed by atoms with Gasteiger partial charge in [0.25, 0.3) is 11.8 Å². The highest BCUT2D eigenvalue weighted by atomic mass is 32.1. The molecule has 0 bridgehead atoms. The van der Waals surface area contributed by atoms with Crippen LogP contribution >= 0.6 is 12.2 Å². The fourth-order valence-corrected chi connectivity index (χ4v) is 4.43. The Labute approximate surface area is 184 Å². The molecule has 160 valence electrons. The number of anilines is 1. The summed E-state index contributed by atoms with van der Waals surface area (Å²) in [6.07, 6.45) is 5.65. The van der Waals surface area contributed by atoms with E-state index in [9.17, 15) is 9.59 Å². The van der Waals surface area contributed by atoms with Gasteiger partial charge in [0.1, 0.15) is 5.82 Å². The van der Waals surface area contributed by atoms with Crippen LogP contribution in [0.15, 0.2) is 47.1 Å². The molecule has 1 atom stereocenters. The number of rotatable bonds is 5. The largest absolute Gasteiger partial charge is 0.459 e. The van der Waals surface area contributed by atoms with E-state index in [1.54, 1.807) is 36.4 Å². The van der Waals surface area contributed by atoms with Crippen molar-refractivity contribution in [2.24, 2.45) is 0 Å². The van der Waals surface area contributed by atoms with Crippen LogP contribution in [0.3, 0.4) is 0 Å².